The highest BCUT2D eigenvalue weighted by Crippen LogP contribution is 2.21. The normalized spacial score (nSPS) is 10.9. The standard InChI is InChI=1S/C11H13BrN2O2/c1-8-11(12)10(14(2)13-8)7-15-6-9-4-3-5-16-9/h3-5H,6-7H2,1-2H3. The Morgan fingerprint density at radius 2 is 2.31 bits per heavy atom. The topological polar surface area (TPSA) is 40.2 Å². The zero-order valence-electron chi connectivity index (χ0n) is 9.24. The number of aryl methyl sites for hydroxylation is 2. The van der Waals surface area contributed by atoms with Crippen molar-refractivity contribution in [2.75, 3.05) is 0 Å². The van der Waals surface area contributed by atoms with E-state index in [0.717, 1.165) is 21.6 Å². The van der Waals surface area contributed by atoms with E-state index < -0.39 is 0 Å². The summed E-state index contributed by atoms with van der Waals surface area (Å²) in [5.74, 6) is 0.829. The summed E-state index contributed by atoms with van der Waals surface area (Å²) in [4.78, 5) is 0. The van der Waals surface area contributed by atoms with E-state index in [1.54, 1.807) is 6.26 Å². The van der Waals surface area contributed by atoms with E-state index in [9.17, 15) is 0 Å². The van der Waals surface area contributed by atoms with Crippen molar-refractivity contribution in [1.29, 1.82) is 0 Å². The van der Waals surface area contributed by atoms with Gasteiger partial charge in [-0.1, -0.05) is 0 Å². The third kappa shape index (κ3) is 2.36. The first-order chi connectivity index (χ1) is 7.68. The van der Waals surface area contributed by atoms with Crippen LogP contribution in [0.3, 0.4) is 0 Å². The van der Waals surface area contributed by atoms with Crippen LogP contribution in [0, 0.1) is 6.92 Å². The van der Waals surface area contributed by atoms with E-state index in [1.807, 2.05) is 30.8 Å². The lowest BCUT2D eigenvalue weighted by Crippen LogP contribution is -2.01. The number of hydrogen-bond donors (Lipinski definition) is 0. The highest BCUT2D eigenvalue weighted by atomic mass is 79.9. The molecule has 0 N–H and O–H groups in total. The maximum Gasteiger partial charge on any atom is 0.129 e. The van der Waals surface area contributed by atoms with Gasteiger partial charge in [-0.3, -0.25) is 4.68 Å². The van der Waals surface area contributed by atoms with Crippen LogP contribution in [0.15, 0.2) is 27.3 Å². The van der Waals surface area contributed by atoms with Gasteiger partial charge >= 0.3 is 0 Å². The minimum atomic E-state index is 0.476. The Hall–Kier alpha value is -1.07. The van der Waals surface area contributed by atoms with E-state index in [0.29, 0.717) is 13.2 Å². The zero-order chi connectivity index (χ0) is 11.5. The molecular weight excluding hydrogens is 272 g/mol. The number of halogens is 1. The first-order valence-electron chi connectivity index (χ1n) is 4.96. The molecule has 5 heteroatoms. The van der Waals surface area contributed by atoms with Crippen molar-refractivity contribution in [3.8, 4) is 0 Å². The maximum atomic E-state index is 5.55. The Kier molecular flexibility index (Phi) is 3.46. The van der Waals surface area contributed by atoms with Gasteiger partial charge in [0, 0.05) is 7.05 Å². The molecule has 2 aromatic rings. The summed E-state index contributed by atoms with van der Waals surface area (Å²) >= 11 is 3.49. The Bertz CT molecular complexity index is 463. The Labute approximate surface area is 102 Å². The number of rotatable bonds is 4. The van der Waals surface area contributed by atoms with Crippen LogP contribution in [-0.2, 0) is 25.0 Å². The largest absolute Gasteiger partial charge is 0.467 e. The third-order valence-electron chi connectivity index (χ3n) is 2.32. The molecule has 0 amide bonds. The fourth-order valence-corrected chi connectivity index (χ4v) is 1.93. The molecule has 0 unspecified atom stereocenters. The van der Waals surface area contributed by atoms with Gasteiger partial charge in [0.2, 0.25) is 0 Å². The van der Waals surface area contributed by atoms with Crippen LogP contribution >= 0.6 is 15.9 Å². The van der Waals surface area contributed by atoms with Crippen LogP contribution < -0.4 is 0 Å². The molecule has 86 valence electrons. The van der Waals surface area contributed by atoms with Crippen LogP contribution in [0.25, 0.3) is 0 Å². The van der Waals surface area contributed by atoms with Crippen LogP contribution in [0.4, 0.5) is 0 Å². The summed E-state index contributed by atoms with van der Waals surface area (Å²) in [5.41, 5.74) is 2.00. The molecule has 0 saturated heterocycles. The molecule has 16 heavy (non-hydrogen) atoms. The van der Waals surface area contributed by atoms with E-state index in [-0.39, 0.29) is 0 Å². The predicted molar refractivity (Wildman–Crippen MR) is 62.8 cm³/mol. The van der Waals surface area contributed by atoms with Crippen LogP contribution in [0.5, 0.6) is 0 Å². The van der Waals surface area contributed by atoms with Crippen molar-refractivity contribution < 1.29 is 9.15 Å². The molecule has 0 radical (unpaired) electrons. The molecule has 0 bridgehead atoms. The highest BCUT2D eigenvalue weighted by molar-refractivity contribution is 9.10. The summed E-state index contributed by atoms with van der Waals surface area (Å²) in [7, 11) is 1.91. The number of furan rings is 1. The number of hydrogen-bond acceptors (Lipinski definition) is 3. The molecule has 0 aliphatic rings. The molecule has 0 atom stereocenters. The Balaban J connectivity index is 1.95. The van der Waals surface area contributed by atoms with E-state index in [2.05, 4.69) is 21.0 Å². The molecule has 0 saturated carbocycles. The number of aromatic nitrogens is 2. The van der Waals surface area contributed by atoms with Crippen LogP contribution in [0.1, 0.15) is 17.1 Å². The first-order valence-corrected chi connectivity index (χ1v) is 5.76. The van der Waals surface area contributed by atoms with Crippen molar-refractivity contribution in [3.63, 3.8) is 0 Å². The minimum Gasteiger partial charge on any atom is -0.467 e. The molecule has 2 heterocycles. The average molecular weight is 285 g/mol. The van der Waals surface area contributed by atoms with Gasteiger partial charge in [-0.25, -0.2) is 0 Å². The van der Waals surface area contributed by atoms with E-state index >= 15 is 0 Å². The first kappa shape index (κ1) is 11.4. The molecule has 4 nitrogen and oxygen atoms in total. The molecule has 0 fully saturated rings. The number of nitrogens with zero attached hydrogens (tertiary/aromatic N) is 2. The summed E-state index contributed by atoms with van der Waals surface area (Å²) in [6.07, 6.45) is 1.64. The molecule has 0 aliphatic heterocycles. The molecule has 0 spiro atoms. The lowest BCUT2D eigenvalue weighted by atomic mass is 10.4. The summed E-state index contributed by atoms with van der Waals surface area (Å²) in [6.45, 7) is 2.95. The van der Waals surface area contributed by atoms with E-state index in [4.69, 9.17) is 9.15 Å². The van der Waals surface area contributed by atoms with Crippen molar-refractivity contribution in [3.05, 3.63) is 40.0 Å². The Morgan fingerprint density at radius 3 is 2.88 bits per heavy atom. The minimum absolute atomic E-state index is 0.476. The summed E-state index contributed by atoms with van der Waals surface area (Å²) in [6, 6.07) is 3.74. The summed E-state index contributed by atoms with van der Waals surface area (Å²) < 4.78 is 13.6. The fourth-order valence-electron chi connectivity index (χ4n) is 1.48. The quantitative estimate of drug-likeness (QED) is 0.867. The fraction of sp³-hybridized carbons (Fsp3) is 0.364. The lowest BCUT2D eigenvalue weighted by Gasteiger charge is -2.03. The number of ether oxygens (including phenoxy) is 1. The van der Waals surface area contributed by atoms with Crippen molar-refractivity contribution in [1.82, 2.24) is 9.78 Å². The van der Waals surface area contributed by atoms with Crippen molar-refractivity contribution in [2.24, 2.45) is 7.05 Å². The summed E-state index contributed by atoms with van der Waals surface area (Å²) in [5, 5.41) is 4.29. The van der Waals surface area contributed by atoms with Gasteiger partial charge in [0.1, 0.15) is 12.4 Å². The molecule has 0 aromatic carbocycles. The SMILES string of the molecule is Cc1nn(C)c(COCc2ccco2)c1Br. The van der Waals surface area contributed by atoms with Gasteiger partial charge in [-0.15, -0.1) is 0 Å². The van der Waals surface area contributed by atoms with Gasteiger partial charge in [0.15, 0.2) is 0 Å². The van der Waals surface area contributed by atoms with Gasteiger partial charge in [0.05, 0.1) is 28.7 Å². The van der Waals surface area contributed by atoms with Gasteiger partial charge in [-0.2, -0.15) is 5.10 Å². The second-order valence-electron chi connectivity index (χ2n) is 3.54. The van der Waals surface area contributed by atoms with E-state index in [1.165, 1.54) is 0 Å². The van der Waals surface area contributed by atoms with Gasteiger partial charge in [-0.05, 0) is 35.0 Å². The average Bonchev–Trinajstić information content (AvgIpc) is 2.82. The van der Waals surface area contributed by atoms with Crippen molar-refractivity contribution in [2.45, 2.75) is 20.1 Å². The maximum absolute atomic E-state index is 5.55. The van der Waals surface area contributed by atoms with Crippen LogP contribution in [0.2, 0.25) is 0 Å². The monoisotopic (exact) mass is 284 g/mol. The highest BCUT2D eigenvalue weighted by Gasteiger charge is 2.10. The van der Waals surface area contributed by atoms with Crippen molar-refractivity contribution >= 4 is 15.9 Å². The smallest absolute Gasteiger partial charge is 0.129 e. The molecule has 2 rings (SSSR count). The predicted octanol–water partition coefficient (Wildman–Crippen LogP) is 2.80. The molecule has 0 aliphatic carbocycles. The molecule has 2 aromatic heterocycles. The second-order valence-corrected chi connectivity index (χ2v) is 4.33. The van der Waals surface area contributed by atoms with Crippen LogP contribution in [-0.4, -0.2) is 9.78 Å². The second kappa shape index (κ2) is 4.84. The van der Waals surface area contributed by atoms with Gasteiger partial charge < -0.3 is 9.15 Å². The van der Waals surface area contributed by atoms with Gasteiger partial charge in [0.25, 0.3) is 0 Å². The third-order valence-corrected chi connectivity index (χ3v) is 3.36. The Morgan fingerprint density at radius 1 is 1.50 bits per heavy atom. The lowest BCUT2D eigenvalue weighted by molar-refractivity contribution is 0.0880. The zero-order valence-corrected chi connectivity index (χ0v) is 10.8. The molecular formula is C11H13BrN2O2.